The smallest absolute Gasteiger partial charge is 0.142 e. The van der Waals surface area contributed by atoms with Crippen LogP contribution in [-0.4, -0.2) is 43.0 Å². The van der Waals surface area contributed by atoms with Crippen molar-refractivity contribution in [2.45, 2.75) is 22.3 Å². The van der Waals surface area contributed by atoms with Crippen molar-refractivity contribution in [2.24, 2.45) is 0 Å². The number of hydrogen-bond donors (Lipinski definition) is 0. The van der Waals surface area contributed by atoms with E-state index in [1.54, 1.807) is 12.1 Å². The Morgan fingerprint density at radius 1 is 1.04 bits per heavy atom. The van der Waals surface area contributed by atoms with Gasteiger partial charge in [0.1, 0.15) is 11.6 Å². The van der Waals surface area contributed by atoms with Gasteiger partial charge in [0.2, 0.25) is 0 Å². The fraction of sp³-hybridized carbons (Fsp3) is 0.368. The molecule has 2 aliphatic rings. The zero-order chi connectivity index (χ0) is 17.6. The second-order valence-corrected chi connectivity index (χ2v) is 8.21. The monoisotopic (exact) mass is 380 g/mol. The maximum absolute atomic E-state index is 14.1. The number of halogens is 3. The third-order valence-corrected chi connectivity index (χ3v) is 6.52. The van der Waals surface area contributed by atoms with E-state index >= 15 is 0 Å². The molecule has 2 aromatic carbocycles. The predicted molar refractivity (Wildman–Crippen MR) is 97.4 cm³/mol. The van der Waals surface area contributed by atoms with E-state index in [4.69, 9.17) is 11.6 Å². The highest BCUT2D eigenvalue weighted by molar-refractivity contribution is 7.99. The Balaban J connectivity index is 1.80. The molecule has 2 aliphatic heterocycles. The standard InChI is InChI=1S/C19H19ClF2N2S/c1-23-4-6-24(7-5-23)17-8-12-2-3-13(21)9-18(12)25-19-11-16(22)15(20)10-14(17)19/h2-3,9-11,17H,4-8H2,1H3. The molecule has 1 saturated heterocycles. The van der Waals surface area contributed by atoms with Crippen molar-refractivity contribution in [2.75, 3.05) is 33.2 Å². The van der Waals surface area contributed by atoms with Crippen LogP contribution in [0.4, 0.5) is 8.78 Å². The largest absolute Gasteiger partial charge is 0.304 e. The van der Waals surface area contributed by atoms with Crippen LogP contribution in [0.15, 0.2) is 40.1 Å². The fourth-order valence-corrected chi connectivity index (χ4v) is 4.92. The topological polar surface area (TPSA) is 6.48 Å². The van der Waals surface area contributed by atoms with E-state index in [1.807, 2.05) is 6.07 Å². The van der Waals surface area contributed by atoms with E-state index in [9.17, 15) is 8.78 Å². The van der Waals surface area contributed by atoms with Crippen LogP contribution in [0.2, 0.25) is 5.02 Å². The highest BCUT2D eigenvalue weighted by atomic mass is 35.5. The van der Waals surface area contributed by atoms with Crippen molar-refractivity contribution >= 4 is 23.4 Å². The molecule has 4 rings (SSSR count). The SMILES string of the molecule is CN1CCN(C2Cc3ccc(F)cc3Sc3cc(F)c(Cl)cc32)CC1. The molecule has 25 heavy (non-hydrogen) atoms. The summed E-state index contributed by atoms with van der Waals surface area (Å²) in [6, 6.07) is 8.27. The number of piperazine rings is 1. The van der Waals surface area contributed by atoms with Crippen molar-refractivity contribution in [3.8, 4) is 0 Å². The molecular formula is C19H19ClF2N2S. The normalized spacial score (nSPS) is 21.5. The van der Waals surface area contributed by atoms with Crippen LogP contribution in [0.3, 0.4) is 0 Å². The molecule has 1 atom stereocenters. The minimum absolute atomic E-state index is 0.126. The lowest BCUT2D eigenvalue weighted by atomic mass is 9.96. The van der Waals surface area contributed by atoms with E-state index in [1.165, 1.54) is 23.9 Å². The summed E-state index contributed by atoms with van der Waals surface area (Å²) in [7, 11) is 2.12. The van der Waals surface area contributed by atoms with Gasteiger partial charge >= 0.3 is 0 Å². The molecule has 0 bridgehead atoms. The molecule has 2 nitrogen and oxygen atoms in total. The molecule has 1 fully saturated rings. The molecule has 6 heteroatoms. The van der Waals surface area contributed by atoms with Crippen molar-refractivity contribution in [3.05, 3.63) is 58.1 Å². The van der Waals surface area contributed by atoms with Gasteiger partial charge in [-0.3, -0.25) is 4.90 Å². The van der Waals surface area contributed by atoms with Gasteiger partial charge < -0.3 is 4.90 Å². The molecule has 0 aliphatic carbocycles. The average Bonchev–Trinajstić information content (AvgIpc) is 2.73. The lowest BCUT2D eigenvalue weighted by molar-refractivity contribution is 0.110. The predicted octanol–water partition coefficient (Wildman–Crippen LogP) is 4.61. The lowest BCUT2D eigenvalue weighted by Crippen LogP contribution is -2.46. The van der Waals surface area contributed by atoms with Crippen molar-refractivity contribution in [1.82, 2.24) is 9.80 Å². The first-order valence-corrected chi connectivity index (χ1v) is 9.58. The number of fused-ring (bicyclic) bond motifs is 2. The first-order valence-electron chi connectivity index (χ1n) is 8.39. The molecule has 0 amide bonds. The van der Waals surface area contributed by atoms with Gasteiger partial charge in [-0.2, -0.15) is 0 Å². The molecule has 0 N–H and O–H groups in total. The van der Waals surface area contributed by atoms with Gasteiger partial charge in [0.15, 0.2) is 0 Å². The summed E-state index contributed by atoms with van der Waals surface area (Å²) in [5, 5.41) is 0.149. The highest BCUT2D eigenvalue weighted by Crippen LogP contribution is 2.44. The summed E-state index contributed by atoms with van der Waals surface area (Å²) in [5.41, 5.74) is 2.14. The number of hydrogen-bond acceptors (Lipinski definition) is 3. The van der Waals surface area contributed by atoms with E-state index in [0.29, 0.717) is 0 Å². The lowest BCUT2D eigenvalue weighted by Gasteiger charge is -2.38. The Kier molecular flexibility index (Phi) is 4.75. The van der Waals surface area contributed by atoms with Gasteiger partial charge in [0.05, 0.1) is 5.02 Å². The zero-order valence-corrected chi connectivity index (χ0v) is 15.5. The quantitative estimate of drug-likeness (QED) is 0.713. The van der Waals surface area contributed by atoms with Gasteiger partial charge in [-0.05, 0) is 48.9 Å². The summed E-state index contributed by atoms with van der Waals surface area (Å²) in [6.45, 7) is 3.92. The number of likely N-dealkylation sites (N-methyl/N-ethyl adjacent to an activating group) is 1. The minimum atomic E-state index is -0.426. The van der Waals surface area contributed by atoms with Crippen LogP contribution in [0.5, 0.6) is 0 Å². The van der Waals surface area contributed by atoms with Gasteiger partial charge in [0, 0.05) is 42.0 Å². The van der Waals surface area contributed by atoms with E-state index in [-0.39, 0.29) is 16.9 Å². The maximum atomic E-state index is 14.1. The van der Waals surface area contributed by atoms with E-state index in [0.717, 1.165) is 53.5 Å². The van der Waals surface area contributed by atoms with Crippen LogP contribution in [0.1, 0.15) is 17.2 Å². The number of nitrogens with zero attached hydrogens (tertiary/aromatic N) is 2. The van der Waals surface area contributed by atoms with Crippen molar-refractivity contribution < 1.29 is 8.78 Å². The Labute approximate surface area is 155 Å². The van der Waals surface area contributed by atoms with Crippen LogP contribution in [0.25, 0.3) is 0 Å². The van der Waals surface area contributed by atoms with Crippen LogP contribution in [-0.2, 0) is 6.42 Å². The second kappa shape index (κ2) is 6.88. The molecule has 2 heterocycles. The van der Waals surface area contributed by atoms with Crippen LogP contribution < -0.4 is 0 Å². The van der Waals surface area contributed by atoms with Crippen molar-refractivity contribution in [3.63, 3.8) is 0 Å². The summed E-state index contributed by atoms with van der Waals surface area (Å²) in [4.78, 5) is 6.44. The maximum Gasteiger partial charge on any atom is 0.142 e. The third-order valence-electron chi connectivity index (χ3n) is 5.05. The van der Waals surface area contributed by atoms with Crippen LogP contribution >= 0.6 is 23.4 Å². The summed E-state index contributed by atoms with van der Waals surface area (Å²) >= 11 is 7.52. The Morgan fingerprint density at radius 3 is 2.56 bits per heavy atom. The molecule has 132 valence electrons. The molecule has 1 unspecified atom stereocenters. The Bertz CT molecular complexity index is 806. The molecule has 0 radical (unpaired) electrons. The summed E-state index contributed by atoms with van der Waals surface area (Å²) < 4.78 is 27.8. The van der Waals surface area contributed by atoms with Gasteiger partial charge in [-0.25, -0.2) is 8.78 Å². The summed E-state index contributed by atoms with van der Waals surface area (Å²) in [5.74, 6) is -0.690. The van der Waals surface area contributed by atoms with E-state index < -0.39 is 5.82 Å². The van der Waals surface area contributed by atoms with Gasteiger partial charge in [0.25, 0.3) is 0 Å². The van der Waals surface area contributed by atoms with Gasteiger partial charge in [-0.15, -0.1) is 0 Å². The average molecular weight is 381 g/mol. The first kappa shape index (κ1) is 17.3. The highest BCUT2D eigenvalue weighted by Gasteiger charge is 2.30. The van der Waals surface area contributed by atoms with Crippen LogP contribution in [0, 0.1) is 11.6 Å². The Hall–Kier alpha value is -1.14. The molecule has 0 saturated carbocycles. The minimum Gasteiger partial charge on any atom is -0.304 e. The zero-order valence-electron chi connectivity index (χ0n) is 13.9. The summed E-state index contributed by atoms with van der Waals surface area (Å²) in [6.07, 6.45) is 0.779. The first-order chi connectivity index (χ1) is 12.0. The molecular weight excluding hydrogens is 362 g/mol. The van der Waals surface area contributed by atoms with Gasteiger partial charge in [-0.1, -0.05) is 29.4 Å². The van der Waals surface area contributed by atoms with E-state index in [2.05, 4.69) is 16.8 Å². The molecule has 0 spiro atoms. The Morgan fingerprint density at radius 2 is 1.80 bits per heavy atom. The number of rotatable bonds is 1. The third kappa shape index (κ3) is 3.43. The number of benzene rings is 2. The van der Waals surface area contributed by atoms with Crippen molar-refractivity contribution in [1.29, 1.82) is 0 Å². The molecule has 2 aromatic rings. The second-order valence-electron chi connectivity index (χ2n) is 6.72. The fourth-order valence-electron chi connectivity index (χ4n) is 3.58. The molecule has 0 aromatic heterocycles.